The van der Waals surface area contributed by atoms with Crippen molar-refractivity contribution in [3.8, 4) is 5.69 Å². The van der Waals surface area contributed by atoms with Crippen LogP contribution in [-0.4, -0.2) is 14.8 Å². The van der Waals surface area contributed by atoms with Crippen LogP contribution in [0.2, 0.25) is 0 Å². The lowest BCUT2D eigenvalue weighted by Gasteiger charge is -2.21. The van der Waals surface area contributed by atoms with Gasteiger partial charge in [-0.15, -0.1) is 11.3 Å². The molecule has 25 heavy (non-hydrogen) atoms. The Bertz CT molecular complexity index is 957. The summed E-state index contributed by atoms with van der Waals surface area (Å²) in [4.78, 5) is 6.68. The molecule has 2 aromatic heterocycles. The predicted molar refractivity (Wildman–Crippen MR) is 103 cm³/mol. The summed E-state index contributed by atoms with van der Waals surface area (Å²) in [5.74, 6) is 0. The van der Waals surface area contributed by atoms with E-state index in [-0.39, 0.29) is 0 Å². The third-order valence-electron chi connectivity index (χ3n) is 4.13. The van der Waals surface area contributed by atoms with Gasteiger partial charge in [-0.25, -0.2) is 9.67 Å². The van der Waals surface area contributed by atoms with E-state index in [2.05, 4.69) is 65.2 Å². The first-order chi connectivity index (χ1) is 12.2. The van der Waals surface area contributed by atoms with Crippen molar-refractivity contribution in [2.24, 2.45) is 0 Å². The molecule has 0 fully saturated rings. The fraction of sp³-hybridized carbons (Fsp3) is 0.100. The molecule has 0 spiro atoms. The Morgan fingerprint density at radius 3 is 2.40 bits per heavy atom. The monoisotopic (exact) mass is 346 g/mol. The Morgan fingerprint density at radius 1 is 0.960 bits per heavy atom. The maximum absolute atomic E-state index is 4.61. The Hall–Kier alpha value is -2.92. The molecule has 0 saturated heterocycles. The number of para-hydroxylation sites is 1. The molecule has 2 heterocycles. The summed E-state index contributed by atoms with van der Waals surface area (Å²) in [6, 6.07) is 18.7. The van der Waals surface area contributed by atoms with Crippen LogP contribution in [0, 0.1) is 13.8 Å². The highest BCUT2D eigenvalue weighted by Crippen LogP contribution is 2.37. The molecule has 4 aromatic rings. The lowest BCUT2D eigenvalue weighted by molar-refractivity contribution is 0.847. The molecule has 2 aromatic carbocycles. The summed E-state index contributed by atoms with van der Waals surface area (Å²) in [6.07, 6.45) is 3.74. The zero-order valence-corrected chi connectivity index (χ0v) is 14.9. The van der Waals surface area contributed by atoms with Crippen molar-refractivity contribution in [2.75, 3.05) is 4.90 Å². The van der Waals surface area contributed by atoms with Crippen molar-refractivity contribution in [3.05, 3.63) is 83.6 Å². The van der Waals surface area contributed by atoms with Gasteiger partial charge in [0.1, 0.15) is 0 Å². The molecule has 0 unspecified atom stereocenters. The standard InChI is InChI=1S/C20H18N4S/c1-15-8-10-17(11-9-15)23(20-21-12-13-25-20)19-14-22-24(16(19)2)18-6-4-3-5-7-18/h3-14H,1-2H3. The summed E-state index contributed by atoms with van der Waals surface area (Å²) in [6.45, 7) is 4.18. The Balaban J connectivity index is 1.84. The van der Waals surface area contributed by atoms with Crippen LogP contribution in [0.3, 0.4) is 0 Å². The molecule has 5 heteroatoms. The first-order valence-corrected chi connectivity index (χ1v) is 8.98. The minimum Gasteiger partial charge on any atom is -0.283 e. The largest absolute Gasteiger partial charge is 0.283 e. The number of hydrogen-bond donors (Lipinski definition) is 0. The van der Waals surface area contributed by atoms with Crippen molar-refractivity contribution in [2.45, 2.75) is 13.8 Å². The molecular formula is C20H18N4S. The van der Waals surface area contributed by atoms with Gasteiger partial charge in [-0.3, -0.25) is 4.90 Å². The zero-order valence-electron chi connectivity index (χ0n) is 14.1. The maximum atomic E-state index is 4.61. The maximum Gasteiger partial charge on any atom is 0.194 e. The first kappa shape index (κ1) is 15.6. The summed E-state index contributed by atoms with van der Waals surface area (Å²) in [5, 5.41) is 7.54. The molecule has 4 nitrogen and oxygen atoms in total. The molecule has 0 bridgehead atoms. The quantitative estimate of drug-likeness (QED) is 0.495. The predicted octanol–water partition coefficient (Wildman–Crippen LogP) is 5.42. The van der Waals surface area contributed by atoms with Gasteiger partial charge in [0.25, 0.3) is 0 Å². The van der Waals surface area contributed by atoms with Crippen molar-refractivity contribution in [3.63, 3.8) is 0 Å². The van der Waals surface area contributed by atoms with Crippen LogP contribution < -0.4 is 4.90 Å². The fourth-order valence-corrected chi connectivity index (χ4v) is 3.50. The van der Waals surface area contributed by atoms with Gasteiger partial charge in [-0.1, -0.05) is 35.9 Å². The smallest absolute Gasteiger partial charge is 0.194 e. The van der Waals surface area contributed by atoms with Gasteiger partial charge in [0.15, 0.2) is 5.13 Å². The Morgan fingerprint density at radius 2 is 1.72 bits per heavy atom. The molecule has 124 valence electrons. The second kappa shape index (κ2) is 6.53. The van der Waals surface area contributed by atoms with Gasteiger partial charge in [0.2, 0.25) is 0 Å². The van der Waals surface area contributed by atoms with Crippen LogP contribution in [0.1, 0.15) is 11.3 Å². The molecular weight excluding hydrogens is 328 g/mol. The van der Waals surface area contributed by atoms with Crippen LogP contribution in [-0.2, 0) is 0 Å². The molecule has 0 aliphatic heterocycles. The average molecular weight is 346 g/mol. The number of rotatable bonds is 4. The van der Waals surface area contributed by atoms with E-state index in [0.29, 0.717) is 0 Å². The molecule has 0 aliphatic carbocycles. The van der Waals surface area contributed by atoms with E-state index in [1.165, 1.54) is 5.56 Å². The second-order valence-electron chi connectivity index (χ2n) is 5.85. The third kappa shape index (κ3) is 2.94. The number of benzene rings is 2. The lowest BCUT2D eigenvalue weighted by Crippen LogP contribution is -2.11. The SMILES string of the molecule is Cc1ccc(N(c2nccs2)c2cnn(-c3ccccc3)c2C)cc1. The number of anilines is 3. The summed E-state index contributed by atoms with van der Waals surface area (Å²) in [7, 11) is 0. The Labute approximate surface area is 151 Å². The van der Waals surface area contributed by atoms with Crippen LogP contribution >= 0.6 is 11.3 Å². The summed E-state index contributed by atoms with van der Waals surface area (Å²) < 4.78 is 1.96. The van der Waals surface area contributed by atoms with E-state index < -0.39 is 0 Å². The highest BCUT2D eigenvalue weighted by atomic mass is 32.1. The van der Waals surface area contributed by atoms with E-state index in [1.807, 2.05) is 40.7 Å². The van der Waals surface area contributed by atoms with E-state index in [0.717, 1.165) is 27.9 Å². The number of hydrogen-bond acceptors (Lipinski definition) is 4. The van der Waals surface area contributed by atoms with E-state index in [1.54, 1.807) is 11.3 Å². The normalized spacial score (nSPS) is 10.8. The van der Waals surface area contributed by atoms with Crippen molar-refractivity contribution >= 4 is 27.8 Å². The minimum absolute atomic E-state index is 0.930. The Kier molecular flexibility index (Phi) is 4.07. The van der Waals surface area contributed by atoms with Gasteiger partial charge in [-0.05, 0) is 38.1 Å². The highest BCUT2D eigenvalue weighted by molar-refractivity contribution is 7.13. The number of aromatic nitrogens is 3. The summed E-state index contributed by atoms with van der Waals surface area (Å²) in [5.41, 5.74) is 5.47. The number of thiazole rings is 1. The first-order valence-electron chi connectivity index (χ1n) is 8.10. The van der Waals surface area contributed by atoms with Crippen LogP contribution in [0.15, 0.2) is 72.4 Å². The van der Waals surface area contributed by atoms with Gasteiger partial charge in [0.05, 0.1) is 23.3 Å². The highest BCUT2D eigenvalue weighted by Gasteiger charge is 2.20. The molecule has 0 saturated carbocycles. The van der Waals surface area contributed by atoms with Gasteiger partial charge in [0, 0.05) is 17.3 Å². The van der Waals surface area contributed by atoms with E-state index in [4.69, 9.17) is 0 Å². The van der Waals surface area contributed by atoms with Crippen molar-refractivity contribution in [1.82, 2.24) is 14.8 Å². The van der Waals surface area contributed by atoms with Gasteiger partial charge in [-0.2, -0.15) is 5.10 Å². The average Bonchev–Trinajstić information content (AvgIpc) is 3.29. The number of aryl methyl sites for hydroxylation is 1. The van der Waals surface area contributed by atoms with Crippen LogP contribution in [0.25, 0.3) is 5.69 Å². The third-order valence-corrected chi connectivity index (χ3v) is 4.88. The zero-order chi connectivity index (χ0) is 17.2. The number of nitrogens with zero attached hydrogens (tertiary/aromatic N) is 4. The molecule has 0 N–H and O–H groups in total. The minimum atomic E-state index is 0.930. The molecule has 0 aliphatic rings. The fourth-order valence-electron chi connectivity index (χ4n) is 2.82. The van der Waals surface area contributed by atoms with Crippen molar-refractivity contribution in [1.29, 1.82) is 0 Å². The topological polar surface area (TPSA) is 34.0 Å². The lowest BCUT2D eigenvalue weighted by atomic mass is 10.2. The van der Waals surface area contributed by atoms with Crippen molar-refractivity contribution < 1.29 is 0 Å². The molecule has 0 radical (unpaired) electrons. The second-order valence-corrected chi connectivity index (χ2v) is 6.72. The van der Waals surface area contributed by atoms with Crippen LogP contribution in [0.5, 0.6) is 0 Å². The molecule has 4 rings (SSSR count). The van der Waals surface area contributed by atoms with Gasteiger partial charge >= 0.3 is 0 Å². The van der Waals surface area contributed by atoms with E-state index in [9.17, 15) is 0 Å². The molecule has 0 amide bonds. The molecule has 0 atom stereocenters. The summed E-state index contributed by atoms with van der Waals surface area (Å²) >= 11 is 1.62. The van der Waals surface area contributed by atoms with E-state index >= 15 is 0 Å². The van der Waals surface area contributed by atoms with Gasteiger partial charge < -0.3 is 0 Å². The van der Waals surface area contributed by atoms with Crippen LogP contribution in [0.4, 0.5) is 16.5 Å².